The van der Waals surface area contributed by atoms with E-state index in [0.717, 1.165) is 34.2 Å². The number of urea groups is 1. The van der Waals surface area contributed by atoms with Crippen molar-refractivity contribution in [1.29, 1.82) is 0 Å². The fourth-order valence-electron chi connectivity index (χ4n) is 5.48. The van der Waals surface area contributed by atoms with E-state index in [4.69, 9.17) is 0 Å². The van der Waals surface area contributed by atoms with Gasteiger partial charge < -0.3 is 20.3 Å². The van der Waals surface area contributed by atoms with Crippen LogP contribution in [0.25, 0.3) is 11.1 Å². The molecule has 0 spiro atoms. The Morgan fingerprint density at radius 3 is 2.44 bits per heavy atom. The highest BCUT2D eigenvalue weighted by atomic mass is 19.4. The van der Waals surface area contributed by atoms with E-state index in [1.165, 1.54) is 18.2 Å². The van der Waals surface area contributed by atoms with E-state index in [2.05, 4.69) is 15.4 Å². The van der Waals surface area contributed by atoms with Crippen LogP contribution in [0, 0.1) is 5.92 Å². The molecule has 2 N–H and O–H groups in total. The summed E-state index contributed by atoms with van der Waals surface area (Å²) < 4.78 is 42.8. The zero-order valence-corrected chi connectivity index (χ0v) is 23.3. The Morgan fingerprint density at radius 2 is 1.73 bits per heavy atom. The fraction of sp³-hybridized carbons (Fsp3) is 0.375. The third-order valence-corrected chi connectivity index (χ3v) is 7.46. The molecule has 216 valence electrons. The van der Waals surface area contributed by atoms with Gasteiger partial charge in [0.15, 0.2) is 0 Å². The number of amides is 3. The summed E-state index contributed by atoms with van der Waals surface area (Å²) >= 11 is 0. The summed E-state index contributed by atoms with van der Waals surface area (Å²) in [5.74, 6) is -0.153. The largest absolute Gasteiger partial charge is 0.573 e. The number of benzene rings is 3. The smallest absolute Gasteiger partial charge is 0.406 e. The Kier molecular flexibility index (Phi) is 7.72. The Balaban J connectivity index is 1.40. The van der Waals surface area contributed by atoms with Gasteiger partial charge in [-0.25, -0.2) is 4.79 Å². The second-order valence-corrected chi connectivity index (χ2v) is 11.7. The van der Waals surface area contributed by atoms with Crippen LogP contribution in [0.3, 0.4) is 0 Å². The van der Waals surface area contributed by atoms with Crippen LogP contribution in [0.1, 0.15) is 55.4 Å². The Hall–Kier alpha value is -4.01. The molecule has 1 saturated carbocycles. The molecule has 0 radical (unpaired) electrons. The molecule has 0 aromatic heterocycles. The van der Waals surface area contributed by atoms with Crippen molar-refractivity contribution in [2.24, 2.45) is 5.92 Å². The minimum atomic E-state index is -4.79. The van der Waals surface area contributed by atoms with Gasteiger partial charge >= 0.3 is 12.4 Å². The normalized spacial score (nSPS) is 18.3. The summed E-state index contributed by atoms with van der Waals surface area (Å²) in [7, 11) is 0. The molecule has 41 heavy (non-hydrogen) atoms. The van der Waals surface area contributed by atoms with Crippen LogP contribution in [0.2, 0.25) is 0 Å². The van der Waals surface area contributed by atoms with Crippen LogP contribution in [-0.4, -0.2) is 35.3 Å². The van der Waals surface area contributed by atoms with E-state index in [1.54, 1.807) is 11.0 Å². The van der Waals surface area contributed by atoms with Crippen molar-refractivity contribution >= 4 is 11.9 Å². The van der Waals surface area contributed by atoms with E-state index < -0.39 is 11.9 Å². The maximum atomic E-state index is 13.0. The van der Waals surface area contributed by atoms with Gasteiger partial charge in [-0.05, 0) is 85.0 Å². The summed E-state index contributed by atoms with van der Waals surface area (Å²) in [6, 6.07) is 19.5. The highest BCUT2D eigenvalue weighted by molar-refractivity contribution is 5.83. The third kappa shape index (κ3) is 7.01. The first-order valence-electron chi connectivity index (χ1n) is 13.8. The van der Waals surface area contributed by atoms with Gasteiger partial charge in [0.1, 0.15) is 5.75 Å². The molecule has 0 saturated heterocycles. The summed E-state index contributed by atoms with van der Waals surface area (Å²) in [4.78, 5) is 27.8. The van der Waals surface area contributed by atoms with Crippen LogP contribution in [0.5, 0.6) is 5.75 Å². The lowest BCUT2D eigenvalue weighted by Crippen LogP contribution is -2.50. The van der Waals surface area contributed by atoms with Gasteiger partial charge in [0.2, 0.25) is 5.91 Å². The lowest BCUT2D eigenvalue weighted by Gasteiger charge is -2.34. The second kappa shape index (κ2) is 11.1. The van der Waals surface area contributed by atoms with Crippen LogP contribution >= 0.6 is 0 Å². The number of fused-ring (bicyclic) bond motifs is 1. The summed E-state index contributed by atoms with van der Waals surface area (Å²) in [5, 5.41) is 6.09. The van der Waals surface area contributed by atoms with Gasteiger partial charge in [-0.1, -0.05) is 54.6 Å². The summed E-state index contributed by atoms with van der Waals surface area (Å²) in [6.07, 6.45) is -3.46. The number of hydrogen-bond acceptors (Lipinski definition) is 3. The van der Waals surface area contributed by atoms with Gasteiger partial charge in [0.05, 0.1) is 0 Å². The molecule has 2 atom stereocenters. The molecule has 2 aliphatic rings. The quantitative estimate of drug-likeness (QED) is 0.357. The van der Waals surface area contributed by atoms with Crippen LogP contribution in [-0.2, 0) is 24.3 Å². The highest BCUT2D eigenvalue weighted by Crippen LogP contribution is 2.47. The van der Waals surface area contributed by atoms with Crippen molar-refractivity contribution in [3.63, 3.8) is 0 Å². The van der Waals surface area contributed by atoms with Gasteiger partial charge in [0, 0.05) is 31.1 Å². The standard InChI is InChI=1S/C32H34F3N3O3/c1-31(2,3)37-30(40)38-15-14-25-24(21-10-7-11-23(16-21)41-32(33,34)35)13-12-22(28(25)19-38)18-36-29(39)27-17-26(27)20-8-5-4-6-9-20/h4-13,16,26-27H,14-15,17-19H2,1-3H3,(H,36,39)(H,37,40). The average Bonchev–Trinajstić information content (AvgIpc) is 3.71. The Bertz CT molecular complexity index is 1430. The fourth-order valence-corrected chi connectivity index (χ4v) is 5.48. The predicted octanol–water partition coefficient (Wildman–Crippen LogP) is 6.54. The number of carbonyl (C=O) groups excluding carboxylic acids is 2. The number of carbonyl (C=O) groups is 2. The first-order valence-corrected chi connectivity index (χ1v) is 13.8. The Morgan fingerprint density at radius 1 is 0.976 bits per heavy atom. The zero-order valence-electron chi connectivity index (χ0n) is 23.3. The number of ether oxygens (including phenoxy) is 1. The first-order chi connectivity index (χ1) is 19.4. The van der Waals surface area contributed by atoms with Crippen molar-refractivity contribution < 1.29 is 27.5 Å². The van der Waals surface area contributed by atoms with Gasteiger partial charge in [-0.15, -0.1) is 13.2 Å². The maximum absolute atomic E-state index is 13.0. The predicted molar refractivity (Wildman–Crippen MR) is 150 cm³/mol. The number of nitrogens with one attached hydrogen (secondary N) is 2. The molecule has 1 fully saturated rings. The molecule has 6 nitrogen and oxygen atoms in total. The van der Waals surface area contributed by atoms with Crippen molar-refractivity contribution in [3.8, 4) is 16.9 Å². The van der Waals surface area contributed by atoms with Crippen molar-refractivity contribution in [1.82, 2.24) is 15.5 Å². The van der Waals surface area contributed by atoms with E-state index in [0.29, 0.717) is 31.6 Å². The SMILES string of the molecule is CC(C)(C)NC(=O)N1CCc2c(-c3cccc(OC(F)(F)F)c3)ccc(CNC(=O)C3CC3c3ccccc3)c2C1. The lowest BCUT2D eigenvalue weighted by molar-refractivity contribution is -0.274. The van der Waals surface area contributed by atoms with E-state index in [1.807, 2.05) is 63.2 Å². The monoisotopic (exact) mass is 565 g/mol. The highest BCUT2D eigenvalue weighted by Gasteiger charge is 2.43. The van der Waals surface area contributed by atoms with Crippen molar-refractivity contribution in [3.05, 3.63) is 89.0 Å². The molecule has 0 bridgehead atoms. The minimum absolute atomic E-state index is 0.00757. The molecule has 9 heteroatoms. The van der Waals surface area contributed by atoms with Crippen molar-refractivity contribution in [2.75, 3.05) is 6.54 Å². The van der Waals surface area contributed by atoms with Gasteiger partial charge in [-0.2, -0.15) is 0 Å². The summed E-state index contributed by atoms with van der Waals surface area (Å²) in [5.41, 5.74) is 4.86. The van der Waals surface area contributed by atoms with Crippen molar-refractivity contribution in [2.45, 2.75) is 64.5 Å². The lowest BCUT2D eigenvalue weighted by atomic mass is 9.87. The number of halogens is 3. The molecule has 1 aliphatic carbocycles. The number of alkyl halides is 3. The molecular formula is C32H34F3N3O3. The minimum Gasteiger partial charge on any atom is -0.406 e. The summed E-state index contributed by atoms with van der Waals surface area (Å²) in [6.45, 7) is 6.82. The molecule has 2 unspecified atom stereocenters. The van der Waals surface area contributed by atoms with Crippen LogP contribution < -0.4 is 15.4 Å². The van der Waals surface area contributed by atoms with Crippen LogP contribution in [0.4, 0.5) is 18.0 Å². The number of rotatable bonds is 6. The second-order valence-electron chi connectivity index (χ2n) is 11.7. The number of hydrogen-bond donors (Lipinski definition) is 2. The van der Waals surface area contributed by atoms with E-state index >= 15 is 0 Å². The average molecular weight is 566 g/mol. The molecule has 3 aromatic rings. The zero-order chi connectivity index (χ0) is 29.4. The molecule has 1 heterocycles. The third-order valence-electron chi connectivity index (χ3n) is 7.46. The Labute approximate surface area is 237 Å². The maximum Gasteiger partial charge on any atom is 0.573 e. The molecule has 3 amide bonds. The van der Waals surface area contributed by atoms with Crippen LogP contribution in [0.15, 0.2) is 66.7 Å². The molecule has 5 rings (SSSR count). The molecule has 3 aromatic carbocycles. The van der Waals surface area contributed by atoms with E-state index in [-0.39, 0.29) is 29.5 Å². The molecule has 1 aliphatic heterocycles. The number of nitrogens with zero attached hydrogens (tertiary/aromatic N) is 1. The molecular weight excluding hydrogens is 531 g/mol. The first kappa shape index (κ1) is 28.5. The van der Waals surface area contributed by atoms with E-state index in [9.17, 15) is 22.8 Å². The van der Waals surface area contributed by atoms with Gasteiger partial charge in [0.25, 0.3) is 0 Å². The topological polar surface area (TPSA) is 70.7 Å². The van der Waals surface area contributed by atoms with Gasteiger partial charge in [-0.3, -0.25) is 4.79 Å².